The number of ether oxygens (including phenoxy) is 2. The molecule has 1 fully saturated rings. The van der Waals surface area contributed by atoms with Crippen molar-refractivity contribution in [1.82, 2.24) is 9.97 Å². The molecule has 0 bridgehead atoms. The van der Waals surface area contributed by atoms with Crippen LogP contribution in [-0.4, -0.2) is 23.2 Å². The van der Waals surface area contributed by atoms with E-state index >= 15 is 0 Å². The molecule has 0 amide bonds. The van der Waals surface area contributed by atoms with Gasteiger partial charge in [-0.3, -0.25) is 0 Å². The summed E-state index contributed by atoms with van der Waals surface area (Å²) in [5, 5.41) is 0. The number of fused-ring (bicyclic) bond motifs is 1. The molecule has 0 atom stereocenters. The molecule has 4 nitrogen and oxygen atoms in total. The molecule has 21 heavy (non-hydrogen) atoms. The third-order valence-corrected chi connectivity index (χ3v) is 4.95. The first-order valence-electron chi connectivity index (χ1n) is 8.09. The summed E-state index contributed by atoms with van der Waals surface area (Å²) in [5.74, 6) is 0.942. The summed E-state index contributed by atoms with van der Waals surface area (Å²) in [4.78, 5) is 8.24. The second-order valence-electron chi connectivity index (χ2n) is 5.99. The summed E-state index contributed by atoms with van der Waals surface area (Å²) in [6.07, 6.45) is 7.92. The number of hydrogen-bond donors (Lipinski definition) is 1. The van der Waals surface area contributed by atoms with Crippen molar-refractivity contribution in [2.75, 3.05) is 13.2 Å². The summed E-state index contributed by atoms with van der Waals surface area (Å²) < 4.78 is 12.4. The van der Waals surface area contributed by atoms with E-state index in [9.17, 15) is 0 Å². The summed E-state index contributed by atoms with van der Waals surface area (Å²) in [6.45, 7) is 4.11. The van der Waals surface area contributed by atoms with Gasteiger partial charge >= 0.3 is 0 Å². The second-order valence-corrected chi connectivity index (χ2v) is 6.38. The van der Waals surface area contributed by atoms with E-state index in [1.165, 1.54) is 31.4 Å². The molecule has 2 heterocycles. The molecule has 0 spiro atoms. The van der Waals surface area contributed by atoms with E-state index in [2.05, 4.69) is 11.9 Å². The van der Waals surface area contributed by atoms with Crippen LogP contribution in [0.5, 0.6) is 0 Å². The molecule has 1 aromatic rings. The fourth-order valence-electron chi connectivity index (χ4n) is 3.50. The number of H-pyrrole nitrogens is 1. The standard InChI is InChI=1S/C16H24N2O2S/c1-2-20-16(8-5-3-4-6-9-16)15-17-13-7-10-19-11-12(13)14(21)18-15/h2-11H2,1H3,(H,17,18,21). The minimum absolute atomic E-state index is 0.272. The maximum absolute atomic E-state index is 6.21. The molecule has 1 aromatic heterocycles. The Morgan fingerprint density at radius 2 is 2.05 bits per heavy atom. The van der Waals surface area contributed by atoms with E-state index in [0.717, 1.165) is 37.3 Å². The Kier molecular flexibility index (Phi) is 4.72. The molecule has 1 saturated carbocycles. The molecule has 3 rings (SSSR count). The topological polar surface area (TPSA) is 47.1 Å². The van der Waals surface area contributed by atoms with Crippen molar-refractivity contribution in [3.8, 4) is 0 Å². The number of aromatic nitrogens is 2. The highest BCUT2D eigenvalue weighted by molar-refractivity contribution is 7.71. The van der Waals surface area contributed by atoms with E-state index in [1.54, 1.807) is 0 Å². The molecule has 1 aliphatic heterocycles. The van der Waals surface area contributed by atoms with Gasteiger partial charge in [0.15, 0.2) is 0 Å². The lowest BCUT2D eigenvalue weighted by molar-refractivity contribution is -0.0628. The smallest absolute Gasteiger partial charge is 0.140 e. The lowest BCUT2D eigenvalue weighted by atomic mass is 9.92. The normalized spacial score (nSPS) is 21.6. The molecule has 2 aliphatic rings. The quantitative estimate of drug-likeness (QED) is 0.681. The average Bonchev–Trinajstić information content (AvgIpc) is 2.74. The van der Waals surface area contributed by atoms with Gasteiger partial charge in [-0.2, -0.15) is 0 Å². The third kappa shape index (κ3) is 3.05. The van der Waals surface area contributed by atoms with Gasteiger partial charge in [0, 0.05) is 24.3 Å². The van der Waals surface area contributed by atoms with Crippen LogP contribution in [-0.2, 0) is 28.1 Å². The van der Waals surface area contributed by atoms with E-state index in [1.807, 2.05) is 0 Å². The summed E-state index contributed by atoms with van der Waals surface area (Å²) >= 11 is 5.50. The molecular weight excluding hydrogens is 284 g/mol. The van der Waals surface area contributed by atoms with Crippen LogP contribution in [0.1, 0.15) is 62.5 Å². The van der Waals surface area contributed by atoms with Crippen molar-refractivity contribution in [2.24, 2.45) is 0 Å². The minimum Gasteiger partial charge on any atom is -0.376 e. The molecule has 0 saturated heterocycles. The fourth-order valence-corrected chi connectivity index (χ4v) is 3.77. The zero-order valence-corrected chi connectivity index (χ0v) is 13.6. The first kappa shape index (κ1) is 15.1. The lowest BCUT2D eigenvalue weighted by Gasteiger charge is -2.32. The minimum atomic E-state index is -0.272. The van der Waals surface area contributed by atoms with Crippen molar-refractivity contribution in [3.05, 3.63) is 21.7 Å². The monoisotopic (exact) mass is 308 g/mol. The summed E-state index contributed by atoms with van der Waals surface area (Å²) in [7, 11) is 0. The van der Waals surface area contributed by atoms with Crippen molar-refractivity contribution in [1.29, 1.82) is 0 Å². The van der Waals surface area contributed by atoms with Gasteiger partial charge < -0.3 is 14.5 Å². The maximum Gasteiger partial charge on any atom is 0.140 e. The Hall–Kier alpha value is -0.780. The van der Waals surface area contributed by atoms with Gasteiger partial charge in [-0.05, 0) is 19.8 Å². The summed E-state index contributed by atoms with van der Waals surface area (Å²) in [5.41, 5.74) is 1.98. The van der Waals surface area contributed by atoms with E-state index in [4.69, 9.17) is 26.7 Å². The summed E-state index contributed by atoms with van der Waals surface area (Å²) in [6, 6.07) is 0. The molecule has 5 heteroatoms. The Labute approximate surface area is 131 Å². The van der Waals surface area contributed by atoms with Crippen LogP contribution in [0.15, 0.2) is 0 Å². The van der Waals surface area contributed by atoms with Gasteiger partial charge in [-0.25, -0.2) is 4.98 Å². The van der Waals surface area contributed by atoms with Gasteiger partial charge in [0.25, 0.3) is 0 Å². The van der Waals surface area contributed by atoms with Gasteiger partial charge in [-0.15, -0.1) is 0 Å². The lowest BCUT2D eigenvalue weighted by Crippen LogP contribution is -2.33. The van der Waals surface area contributed by atoms with Crippen molar-refractivity contribution in [2.45, 2.75) is 64.1 Å². The van der Waals surface area contributed by atoms with E-state index in [0.29, 0.717) is 17.9 Å². The van der Waals surface area contributed by atoms with Crippen LogP contribution in [0.2, 0.25) is 0 Å². The van der Waals surface area contributed by atoms with Crippen LogP contribution in [0.3, 0.4) is 0 Å². The second kappa shape index (κ2) is 6.55. The van der Waals surface area contributed by atoms with Crippen LogP contribution < -0.4 is 0 Å². The number of nitrogens with zero attached hydrogens (tertiary/aromatic N) is 1. The number of nitrogens with one attached hydrogen (secondary N) is 1. The van der Waals surface area contributed by atoms with Crippen LogP contribution in [0, 0.1) is 4.64 Å². The SMILES string of the molecule is CCOC1(c2nc(=S)c3c([nH]2)CCOC3)CCCCCC1. The molecule has 1 N–H and O–H groups in total. The first-order valence-corrected chi connectivity index (χ1v) is 8.50. The predicted octanol–water partition coefficient (Wildman–Crippen LogP) is 3.80. The van der Waals surface area contributed by atoms with Crippen molar-refractivity contribution >= 4 is 12.2 Å². The molecule has 1 aliphatic carbocycles. The van der Waals surface area contributed by atoms with Crippen molar-refractivity contribution in [3.63, 3.8) is 0 Å². The van der Waals surface area contributed by atoms with Crippen LogP contribution in [0.4, 0.5) is 0 Å². The van der Waals surface area contributed by atoms with Gasteiger partial charge in [0.1, 0.15) is 16.1 Å². The third-order valence-electron chi connectivity index (χ3n) is 4.61. The number of hydrogen-bond acceptors (Lipinski definition) is 4. The highest BCUT2D eigenvalue weighted by Crippen LogP contribution is 2.38. The zero-order valence-electron chi connectivity index (χ0n) is 12.7. The molecule has 0 unspecified atom stereocenters. The average molecular weight is 308 g/mol. The van der Waals surface area contributed by atoms with E-state index in [-0.39, 0.29) is 5.60 Å². The molecule has 0 radical (unpaired) electrons. The predicted molar refractivity (Wildman–Crippen MR) is 83.8 cm³/mol. The Morgan fingerprint density at radius 1 is 1.29 bits per heavy atom. The molecular formula is C16H24N2O2S. The maximum atomic E-state index is 6.21. The van der Waals surface area contributed by atoms with Crippen molar-refractivity contribution < 1.29 is 9.47 Å². The fraction of sp³-hybridized carbons (Fsp3) is 0.750. The van der Waals surface area contributed by atoms with E-state index < -0.39 is 0 Å². The Bertz CT molecular complexity index is 548. The van der Waals surface area contributed by atoms with Gasteiger partial charge in [-0.1, -0.05) is 37.9 Å². The van der Waals surface area contributed by atoms with Crippen LogP contribution in [0.25, 0.3) is 0 Å². The first-order chi connectivity index (χ1) is 10.2. The molecule has 0 aromatic carbocycles. The highest BCUT2D eigenvalue weighted by atomic mass is 32.1. The Balaban J connectivity index is 2.02. The van der Waals surface area contributed by atoms with Gasteiger partial charge in [0.05, 0.1) is 13.2 Å². The van der Waals surface area contributed by atoms with Gasteiger partial charge in [0.2, 0.25) is 0 Å². The zero-order chi connectivity index (χ0) is 14.7. The molecule has 116 valence electrons. The Morgan fingerprint density at radius 3 is 2.76 bits per heavy atom. The van der Waals surface area contributed by atoms with Crippen LogP contribution >= 0.6 is 12.2 Å². The largest absolute Gasteiger partial charge is 0.376 e. The number of rotatable bonds is 3. The number of aromatic amines is 1. The highest BCUT2D eigenvalue weighted by Gasteiger charge is 2.36.